The minimum absolute atomic E-state index is 0.0981. The Labute approximate surface area is 111 Å². The molecular weight excluding hydrogens is 244 g/mol. The lowest BCUT2D eigenvalue weighted by Crippen LogP contribution is -2.07. The molecule has 0 radical (unpaired) electrons. The topological polar surface area (TPSA) is 56.0 Å². The van der Waals surface area contributed by atoms with E-state index >= 15 is 0 Å². The van der Waals surface area contributed by atoms with Crippen molar-refractivity contribution >= 4 is 22.3 Å². The average molecular weight is 260 g/mol. The van der Waals surface area contributed by atoms with Crippen LogP contribution in [-0.2, 0) is 6.42 Å². The van der Waals surface area contributed by atoms with Gasteiger partial charge in [-0.15, -0.1) is 11.3 Å². The second kappa shape index (κ2) is 4.90. The van der Waals surface area contributed by atoms with Crippen molar-refractivity contribution in [1.82, 2.24) is 4.98 Å². The zero-order valence-electron chi connectivity index (χ0n) is 10.8. The number of aryl methyl sites for hydroxylation is 3. The molecule has 0 atom stereocenters. The molecule has 94 valence electrons. The predicted octanol–water partition coefficient (Wildman–Crippen LogP) is 3.08. The summed E-state index contributed by atoms with van der Waals surface area (Å²) >= 11 is 1.37. The molecule has 0 unspecified atom stereocenters. The summed E-state index contributed by atoms with van der Waals surface area (Å²) in [4.78, 5) is 16.4. The van der Waals surface area contributed by atoms with Crippen molar-refractivity contribution in [1.29, 1.82) is 0 Å². The fraction of sp³-hybridized carbons (Fsp3) is 0.286. The molecule has 0 saturated carbocycles. The van der Waals surface area contributed by atoms with Crippen molar-refractivity contribution in [3.05, 3.63) is 45.5 Å². The van der Waals surface area contributed by atoms with Gasteiger partial charge in [0, 0.05) is 10.9 Å². The van der Waals surface area contributed by atoms with E-state index in [0.29, 0.717) is 11.6 Å². The van der Waals surface area contributed by atoms with Crippen LogP contribution < -0.4 is 5.73 Å². The zero-order valence-corrected chi connectivity index (χ0v) is 11.6. The largest absolute Gasteiger partial charge is 0.375 e. The highest BCUT2D eigenvalue weighted by atomic mass is 32.1. The maximum absolute atomic E-state index is 12.2. The number of anilines is 1. The monoisotopic (exact) mass is 260 g/mol. The summed E-state index contributed by atoms with van der Waals surface area (Å²) < 4.78 is 0. The van der Waals surface area contributed by atoms with Gasteiger partial charge in [0.25, 0.3) is 0 Å². The lowest BCUT2D eigenvalue weighted by atomic mass is 9.96. The molecule has 0 aliphatic rings. The van der Waals surface area contributed by atoms with Gasteiger partial charge >= 0.3 is 0 Å². The third kappa shape index (κ3) is 2.59. The molecule has 0 aliphatic carbocycles. The third-order valence-corrected chi connectivity index (χ3v) is 3.78. The van der Waals surface area contributed by atoms with Gasteiger partial charge in [0.15, 0.2) is 10.9 Å². The minimum Gasteiger partial charge on any atom is -0.375 e. The molecule has 2 N–H and O–H groups in total. The first-order valence-corrected chi connectivity index (χ1v) is 6.66. The van der Waals surface area contributed by atoms with E-state index in [1.807, 2.05) is 25.3 Å². The molecule has 0 saturated heterocycles. The van der Waals surface area contributed by atoms with Gasteiger partial charge < -0.3 is 5.73 Å². The number of nitrogen functional groups attached to an aromatic ring is 1. The Morgan fingerprint density at radius 2 is 1.89 bits per heavy atom. The van der Waals surface area contributed by atoms with E-state index in [9.17, 15) is 4.79 Å². The molecule has 2 rings (SSSR count). The lowest BCUT2D eigenvalue weighted by Gasteiger charge is -2.08. The smallest absolute Gasteiger partial charge is 0.180 e. The van der Waals surface area contributed by atoms with Crippen LogP contribution in [0.3, 0.4) is 0 Å². The fourth-order valence-electron chi connectivity index (χ4n) is 1.92. The van der Waals surface area contributed by atoms with E-state index < -0.39 is 0 Å². The average Bonchev–Trinajstić information content (AvgIpc) is 2.69. The summed E-state index contributed by atoms with van der Waals surface area (Å²) in [6, 6.07) is 4.01. The van der Waals surface area contributed by atoms with Crippen LogP contribution in [-0.4, -0.2) is 10.8 Å². The molecule has 2 aromatic rings. The number of carbonyl (C=O) groups excluding carboxylic acids is 1. The van der Waals surface area contributed by atoms with Crippen molar-refractivity contribution in [2.45, 2.75) is 27.2 Å². The van der Waals surface area contributed by atoms with Crippen LogP contribution in [0.25, 0.3) is 0 Å². The third-order valence-electron chi connectivity index (χ3n) is 3.05. The highest BCUT2D eigenvalue weighted by Gasteiger charge is 2.13. The molecule has 0 bridgehead atoms. The van der Waals surface area contributed by atoms with E-state index in [0.717, 1.165) is 22.4 Å². The van der Waals surface area contributed by atoms with Crippen LogP contribution in [0.15, 0.2) is 17.5 Å². The van der Waals surface area contributed by atoms with Crippen molar-refractivity contribution in [2.75, 3.05) is 5.73 Å². The zero-order chi connectivity index (χ0) is 13.3. The van der Waals surface area contributed by atoms with Gasteiger partial charge in [0.05, 0.1) is 12.1 Å². The molecule has 4 heteroatoms. The number of hydrogen-bond donors (Lipinski definition) is 1. The second-order valence-corrected chi connectivity index (χ2v) is 5.42. The summed E-state index contributed by atoms with van der Waals surface area (Å²) in [5, 5.41) is 2.35. The van der Waals surface area contributed by atoms with E-state index in [1.54, 1.807) is 0 Å². The van der Waals surface area contributed by atoms with E-state index in [4.69, 9.17) is 5.73 Å². The molecule has 1 heterocycles. The Morgan fingerprint density at radius 3 is 2.50 bits per heavy atom. The van der Waals surface area contributed by atoms with Crippen LogP contribution in [0.1, 0.15) is 32.7 Å². The Kier molecular flexibility index (Phi) is 3.48. The fourth-order valence-corrected chi connectivity index (χ4v) is 2.49. The summed E-state index contributed by atoms with van der Waals surface area (Å²) in [6.07, 6.45) is 0.317. The number of rotatable bonds is 3. The maximum atomic E-state index is 12.2. The highest BCUT2D eigenvalue weighted by Crippen LogP contribution is 2.18. The number of benzene rings is 1. The number of hydrogen-bond acceptors (Lipinski definition) is 4. The standard InChI is InChI=1S/C14H16N2OS/c1-8-4-10(3)12(5-9(8)2)13(17)6-11-7-18-14(15)16-11/h4-5,7H,6H2,1-3H3,(H2,15,16). The second-order valence-electron chi connectivity index (χ2n) is 4.53. The predicted molar refractivity (Wildman–Crippen MR) is 75.2 cm³/mol. The van der Waals surface area contributed by atoms with Gasteiger partial charge in [0.2, 0.25) is 0 Å². The normalized spacial score (nSPS) is 10.6. The number of carbonyl (C=O) groups is 1. The number of nitrogens with two attached hydrogens (primary N) is 1. The molecule has 0 aliphatic heterocycles. The van der Waals surface area contributed by atoms with Crippen LogP contribution in [0, 0.1) is 20.8 Å². The number of ketones is 1. The first-order chi connectivity index (χ1) is 8.47. The number of nitrogens with zero attached hydrogens (tertiary/aromatic N) is 1. The number of Topliss-reactive ketones (excluding diaryl/α,β-unsaturated/α-hetero) is 1. The van der Waals surface area contributed by atoms with Crippen molar-refractivity contribution in [3.8, 4) is 0 Å². The van der Waals surface area contributed by atoms with Gasteiger partial charge in [-0.25, -0.2) is 4.98 Å². The minimum atomic E-state index is 0.0981. The molecule has 1 aromatic carbocycles. The first-order valence-electron chi connectivity index (χ1n) is 5.78. The Balaban J connectivity index is 2.26. The van der Waals surface area contributed by atoms with Gasteiger partial charge in [0.1, 0.15) is 0 Å². The van der Waals surface area contributed by atoms with Crippen LogP contribution >= 0.6 is 11.3 Å². The van der Waals surface area contributed by atoms with E-state index in [-0.39, 0.29) is 5.78 Å². The van der Waals surface area contributed by atoms with Gasteiger partial charge in [-0.2, -0.15) is 0 Å². The molecule has 0 fully saturated rings. The van der Waals surface area contributed by atoms with Gasteiger partial charge in [-0.3, -0.25) is 4.79 Å². The summed E-state index contributed by atoms with van der Waals surface area (Å²) in [7, 11) is 0. The van der Waals surface area contributed by atoms with E-state index in [1.165, 1.54) is 16.9 Å². The van der Waals surface area contributed by atoms with Crippen molar-refractivity contribution in [2.24, 2.45) is 0 Å². The lowest BCUT2D eigenvalue weighted by molar-refractivity contribution is 0.0991. The van der Waals surface area contributed by atoms with Crippen LogP contribution in [0.5, 0.6) is 0 Å². The first kappa shape index (κ1) is 12.8. The van der Waals surface area contributed by atoms with Crippen LogP contribution in [0.2, 0.25) is 0 Å². The molecule has 0 amide bonds. The Morgan fingerprint density at radius 1 is 1.22 bits per heavy atom. The van der Waals surface area contributed by atoms with Crippen LogP contribution in [0.4, 0.5) is 5.13 Å². The van der Waals surface area contributed by atoms with Gasteiger partial charge in [-0.05, 0) is 43.5 Å². The molecule has 0 spiro atoms. The van der Waals surface area contributed by atoms with E-state index in [2.05, 4.69) is 18.0 Å². The SMILES string of the molecule is Cc1cc(C)c(C(=O)Cc2csc(N)n2)cc1C. The molecule has 3 nitrogen and oxygen atoms in total. The summed E-state index contributed by atoms with van der Waals surface area (Å²) in [6.45, 7) is 6.04. The molecule has 18 heavy (non-hydrogen) atoms. The van der Waals surface area contributed by atoms with Crippen molar-refractivity contribution < 1.29 is 4.79 Å². The highest BCUT2D eigenvalue weighted by molar-refractivity contribution is 7.13. The maximum Gasteiger partial charge on any atom is 0.180 e. The Hall–Kier alpha value is -1.68. The van der Waals surface area contributed by atoms with Crippen molar-refractivity contribution in [3.63, 3.8) is 0 Å². The summed E-state index contributed by atoms with van der Waals surface area (Å²) in [5.41, 5.74) is 10.5. The molecular formula is C14H16N2OS. The summed E-state index contributed by atoms with van der Waals surface area (Å²) in [5.74, 6) is 0.0981. The van der Waals surface area contributed by atoms with Gasteiger partial charge in [-0.1, -0.05) is 6.07 Å². The number of thiazole rings is 1. The quantitative estimate of drug-likeness (QED) is 0.863. The number of aromatic nitrogens is 1. The Bertz CT molecular complexity index is 602. The molecule has 1 aromatic heterocycles.